The minimum atomic E-state index is -2.99. The molecule has 0 atom stereocenters. The largest absolute Gasteiger partial charge is 0.434 e. The lowest BCUT2D eigenvalue weighted by molar-refractivity contribution is -0.0501. The van der Waals surface area contributed by atoms with Gasteiger partial charge in [0.25, 0.3) is 5.91 Å². The highest BCUT2D eigenvalue weighted by Crippen LogP contribution is 2.35. The van der Waals surface area contributed by atoms with Crippen LogP contribution in [0.25, 0.3) is 11.0 Å². The average molecular weight is 357 g/mol. The van der Waals surface area contributed by atoms with E-state index in [4.69, 9.17) is 0 Å². The van der Waals surface area contributed by atoms with Crippen LogP contribution in [0, 0.1) is 0 Å². The first kappa shape index (κ1) is 16.5. The van der Waals surface area contributed by atoms with Gasteiger partial charge in [-0.1, -0.05) is 18.6 Å². The van der Waals surface area contributed by atoms with Crippen LogP contribution in [0.3, 0.4) is 0 Å². The summed E-state index contributed by atoms with van der Waals surface area (Å²) in [5.41, 5.74) is 2.28. The molecule has 1 saturated carbocycles. The number of aromatic amines is 1. The molecule has 0 spiro atoms. The van der Waals surface area contributed by atoms with E-state index in [0.29, 0.717) is 11.6 Å². The molecule has 2 N–H and O–H groups in total. The summed E-state index contributed by atoms with van der Waals surface area (Å²) < 4.78 is 29.4. The molecule has 0 radical (unpaired) electrons. The summed E-state index contributed by atoms with van der Waals surface area (Å²) in [6.45, 7) is -2.99. The molecular weight excluding hydrogens is 340 g/mol. The third-order valence-corrected chi connectivity index (χ3v) is 4.60. The van der Waals surface area contributed by atoms with E-state index in [1.165, 1.54) is 24.6 Å². The molecule has 7 heteroatoms. The van der Waals surface area contributed by atoms with Crippen molar-refractivity contribution in [3.63, 3.8) is 0 Å². The lowest BCUT2D eigenvalue weighted by Gasteiger charge is -2.22. The Bertz CT molecular complexity index is 951. The molecule has 1 fully saturated rings. The van der Waals surface area contributed by atoms with Crippen LogP contribution in [0.1, 0.15) is 41.4 Å². The monoisotopic (exact) mass is 357 g/mol. The van der Waals surface area contributed by atoms with Gasteiger partial charge < -0.3 is 15.0 Å². The number of alkyl halides is 2. The number of benzene rings is 2. The normalized spacial score (nSPS) is 14.4. The van der Waals surface area contributed by atoms with Crippen molar-refractivity contribution in [1.29, 1.82) is 0 Å². The van der Waals surface area contributed by atoms with Gasteiger partial charge in [0.15, 0.2) is 0 Å². The molecule has 3 aromatic rings. The predicted molar refractivity (Wildman–Crippen MR) is 93.7 cm³/mol. The minimum absolute atomic E-state index is 0.0488. The SMILES string of the molecule is O=C(Nc1ccc2nc(C3CCC3)[nH]c2c1)c1ccccc1OC(F)F. The number of aromatic nitrogens is 2. The van der Waals surface area contributed by atoms with Crippen molar-refractivity contribution < 1.29 is 18.3 Å². The van der Waals surface area contributed by atoms with Gasteiger partial charge >= 0.3 is 6.61 Å². The van der Waals surface area contributed by atoms with Gasteiger partial charge in [-0.15, -0.1) is 0 Å². The predicted octanol–water partition coefficient (Wildman–Crippen LogP) is 4.68. The summed E-state index contributed by atoms with van der Waals surface area (Å²) in [6, 6.07) is 11.3. The number of hydrogen-bond donors (Lipinski definition) is 2. The molecule has 5 nitrogen and oxygen atoms in total. The maximum Gasteiger partial charge on any atom is 0.387 e. The first-order chi connectivity index (χ1) is 12.6. The number of carbonyl (C=O) groups excluding carboxylic acids is 1. The van der Waals surface area contributed by atoms with Gasteiger partial charge in [-0.25, -0.2) is 4.98 Å². The van der Waals surface area contributed by atoms with Gasteiger partial charge in [0.1, 0.15) is 11.6 Å². The molecule has 26 heavy (non-hydrogen) atoms. The Morgan fingerprint density at radius 1 is 1.23 bits per heavy atom. The van der Waals surface area contributed by atoms with E-state index in [0.717, 1.165) is 29.7 Å². The Balaban J connectivity index is 1.56. The zero-order valence-electron chi connectivity index (χ0n) is 13.8. The van der Waals surface area contributed by atoms with Crippen molar-refractivity contribution >= 4 is 22.6 Å². The molecule has 1 aliphatic rings. The number of H-pyrrole nitrogens is 1. The number of imidazole rings is 1. The van der Waals surface area contributed by atoms with Gasteiger partial charge in [0.05, 0.1) is 16.6 Å². The Morgan fingerprint density at radius 2 is 2.04 bits per heavy atom. The van der Waals surface area contributed by atoms with Gasteiger partial charge in [-0.2, -0.15) is 8.78 Å². The molecule has 134 valence electrons. The lowest BCUT2D eigenvalue weighted by atomic mass is 9.85. The van der Waals surface area contributed by atoms with Crippen LogP contribution in [-0.2, 0) is 0 Å². The number of ether oxygens (including phenoxy) is 1. The Morgan fingerprint density at radius 3 is 2.77 bits per heavy atom. The van der Waals surface area contributed by atoms with Crippen LogP contribution in [0.15, 0.2) is 42.5 Å². The maximum absolute atomic E-state index is 12.5. The molecule has 1 amide bonds. The van der Waals surface area contributed by atoms with Crippen molar-refractivity contribution in [3.8, 4) is 5.75 Å². The first-order valence-electron chi connectivity index (χ1n) is 8.45. The van der Waals surface area contributed by atoms with Crippen molar-refractivity contribution in [3.05, 3.63) is 53.9 Å². The maximum atomic E-state index is 12.5. The van der Waals surface area contributed by atoms with E-state index in [1.54, 1.807) is 18.2 Å². The van der Waals surface area contributed by atoms with Crippen molar-refractivity contribution in [2.75, 3.05) is 5.32 Å². The Hall–Kier alpha value is -2.96. The van der Waals surface area contributed by atoms with Crippen molar-refractivity contribution in [2.24, 2.45) is 0 Å². The van der Waals surface area contributed by atoms with E-state index >= 15 is 0 Å². The van der Waals surface area contributed by atoms with E-state index in [2.05, 4.69) is 20.0 Å². The molecule has 0 bridgehead atoms. The molecule has 1 heterocycles. The number of carbonyl (C=O) groups is 1. The first-order valence-corrected chi connectivity index (χ1v) is 8.45. The number of nitrogens with one attached hydrogen (secondary N) is 2. The minimum Gasteiger partial charge on any atom is -0.434 e. The second-order valence-electron chi connectivity index (χ2n) is 6.31. The number of nitrogens with zero attached hydrogens (tertiary/aromatic N) is 1. The highest BCUT2D eigenvalue weighted by molar-refractivity contribution is 6.06. The third kappa shape index (κ3) is 3.24. The van der Waals surface area contributed by atoms with Crippen LogP contribution >= 0.6 is 0 Å². The summed E-state index contributed by atoms with van der Waals surface area (Å²) in [5, 5.41) is 2.72. The van der Waals surface area contributed by atoms with Crippen molar-refractivity contribution in [2.45, 2.75) is 31.8 Å². The highest BCUT2D eigenvalue weighted by atomic mass is 19.3. The second-order valence-corrected chi connectivity index (χ2v) is 6.31. The van der Waals surface area contributed by atoms with E-state index in [9.17, 15) is 13.6 Å². The fourth-order valence-electron chi connectivity index (χ4n) is 3.03. The standard InChI is InChI=1S/C19H17F2N3O2/c20-19(21)26-16-7-2-1-6-13(16)18(25)22-12-8-9-14-15(10-12)24-17(23-14)11-4-3-5-11/h1-2,6-11,19H,3-5H2,(H,22,25)(H,23,24). The molecule has 0 aliphatic heterocycles. The summed E-state index contributed by atoms with van der Waals surface area (Å²) in [5.74, 6) is 0.790. The van der Waals surface area contributed by atoms with Crippen LogP contribution < -0.4 is 10.1 Å². The van der Waals surface area contributed by atoms with Crippen LogP contribution in [-0.4, -0.2) is 22.5 Å². The third-order valence-electron chi connectivity index (χ3n) is 4.60. The van der Waals surface area contributed by atoms with E-state index in [1.807, 2.05) is 6.07 Å². The van der Waals surface area contributed by atoms with Crippen LogP contribution in [0.4, 0.5) is 14.5 Å². The molecule has 2 aromatic carbocycles. The lowest BCUT2D eigenvalue weighted by Crippen LogP contribution is -2.14. The quantitative estimate of drug-likeness (QED) is 0.696. The van der Waals surface area contributed by atoms with Crippen LogP contribution in [0.5, 0.6) is 5.75 Å². The Labute approximate surface area is 148 Å². The smallest absolute Gasteiger partial charge is 0.387 e. The molecule has 1 aromatic heterocycles. The number of amides is 1. The number of rotatable bonds is 5. The molecule has 0 saturated heterocycles. The fraction of sp³-hybridized carbons (Fsp3) is 0.263. The highest BCUT2D eigenvalue weighted by Gasteiger charge is 2.22. The molecule has 4 rings (SSSR count). The van der Waals surface area contributed by atoms with Gasteiger partial charge in [-0.05, 0) is 43.2 Å². The van der Waals surface area contributed by atoms with E-state index < -0.39 is 12.5 Å². The van der Waals surface area contributed by atoms with E-state index in [-0.39, 0.29) is 11.3 Å². The molecular formula is C19H17F2N3O2. The summed E-state index contributed by atoms with van der Waals surface area (Å²) in [7, 11) is 0. The number of fused-ring (bicyclic) bond motifs is 1. The number of anilines is 1. The van der Waals surface area contributed by atoms with Gasteiger partial charge in [-0.3, -0.25) is 4.79 Å². The average Bonchev–Trinajstić information content (AvgIpc) is 2.95. The van der Waals surface area contributed by atoms with Crippen LogP contribution in [0.2, 0.25) is 0 Å². The zero-order valence-corrected chi connectivity index (χ0v) is 13.8. The van der Waals surface area contributed by atoms with Crippen molar-refractivity contribution in [1.82, 2.24) is 9.97 Å². The van der Waals surface area contributed by atoms with Gasteiger partial charge in [0, 0.05) is 11.6 Å². The van der Waals surface area contributed by atoms with Gasteiger partial charge in [0.2, 0.25) is 0 Å². The number of para-hydroxylation sites is 1. The summed E-state index contributed by atoms with van der Waals surface area (Å²) >= 11 is 0. The molecule has 0 unspecified atom stereocenters. The Kier molecular flexibility index (Phi) is 4.28. The topological polar surface area (TPSA) is 67.0 Å². The second kappa shape index (κ2) is 6.74. The zero-order chi connectivity index (χ0) is 18.1. The fourth-order valence-corrected chi connectivity index (χ4v) is 3.03. The summed E-state index contributed by atoms with van der Waals surface area (Å²) in [6.07, 6.45) is 3.51. The molecule has 1 aliphatic carbocycles. The summed E-state index contributed by atoms with van der Waals surface area (Å²) in [4.78, 5) is 20.4. The number of halogens is 2. The number of hydrogen-bond acceptors (Lipinski definition) is 3.